The fraction of sp³-hybridized carbons (Fsp3) is 0.125. The first kappa shape index (κ1) is 20.6. The van der Waals surface area contributed by atoms with E-state index in [0.717, 1.165) is 11.1 Å². The number of aromatic nitrogens is 1. The summed E-state index contributed by atoms with van der Waals surface area (Å²) in [6, 6.07) is 17.8. The van der Waals surface area contributed by atoms with E-state index in [2.05, 4.69) is 10.3 Å². The van der Waals surface area contributed by atoms with Gasteiger partial charge in [-0.25, -0.2) is 4.79 Å². The molecule has 0 saturated carbocycles. The van der Waals surface area contributed by atoms with Gasteiger partial charge < -0.3 is 14.5 Å². The van der Waals surface area contributed by atoms with Crippen LogP contribution in [0.25, 0.3) is 22.1 Å². The quantitative estimate of drug-likeness (QED) is 0.449. The minimum absolute atomic E-state index is 0.256. The van der Waals surface area contributed by atoms with E-state index in [1.807, 2.05) is 36.4 Å². The van der Waals surface area contributed by atoms with Crippen LogP contribution in [0.3, 0.4) is 0 Å². The molecule has 0 unspecified atom stereocenters. The highest BCUT2D eigenvalue weighted by Gasteiger charge is 2.18. The number of pyridine rings is 1. The second-order valence-corrected chi connectivity index (χ2v) is 7.37. The predicted molar refractivity (Wildman–Crippen MR) is 119 cm³/mol. The Morgan fingerprint density at radius 3 is 2.71 bits per heavy atom. The normalized spacial score (nSPS) is 11.8. The topological polar surface area (TPSA) is 81.4 Å². The van der Waals surface area contributed by atoms with Crippen molar-refractivity contribution in [3.8, 4) is 16.9 Å². The van der Waals surface area contributed by atoms with Crippen LogP contribution < -0.4 is 15.7 Å². The van der Waals surface area contributed by atoms with Crippen LogP contribution >= 0.6 is 11.6 Å². The van der Waals surface area contributed by atoms with Crippen LogP contribution in [0.5, 0.6) is 5.75 Å². The molecule has 1 atom stereocenters. The van der Waals surface area contributed by atoms with Crippen molar-refractivity contribution in [2.24, 2.45) is 0 Å². The molecule has 4 rings (SSSR count). The van der Waals surface area contributed by atoms with Gasteiger partial charge in [-0.2, -0.15) is 0 Å². The molecule has 31 heavy (non-hydrogen) atoms. The van der Waals surface area contributed by atoms with Gasteiger partial charge in [0.25, 0.3) is 5.91 Å². The highest BCUT2D eigenvalue weighted by molar-refractivity contribution is 6.33. The number of hydrogen-bond donors (Lipinski definition) is 1. The Morgan fingerprint density at radius 2 is 1.97 bits per heavy atom. The zero-order valence-corrected chi connectivity index (χ0v) is 17.4. The monoisotopic (exact) mass is 434 g/mol. The lowest BCUT2D eigenvalue weighted by atomic mass is 10.0. The zero-order chi connectivity index (χ0) is 21.8. The van der Waals surface area contributed by atoms with E-state index in [-0.39, 0.29) is 11.7 Å². The number of ether oxygens (including phenoxy) is 1. The number of benzene rings is 2. The van der Waals surface area contributed by atoms with Gasteiger partial charge in [0, 0.05) is 36.5 Å². The lowest BCUT2D eigenvalue weighted by Gasteiger charge is -2.16. The Morgan fingerprint density at radius 1 is 1.16 bits per heavy atom. The largest absolute Gasteiger partial charge is 0.479 e. The van der Waals surface area contributed by atoms with Crippen molar-refractivity contribution in [3.05, 3.63) is 94.1 Å². The van der Waals surface area contributed by atoms with Gasteiger partial charge in [-0.1, -0.05) is 48.0 Å². The lowest BCUT2D eigenvalue weighted by Crippen LogP contribution is -2.36. The van der Waals surface area contributed by atoms with Crippen LogP contribution in [0.2, 0.25) is 5.02 Å². The molecule has 0 fully saturated rings. The van der Waals surface area contributed by atoms with Gasteiger partial charge in [-0.15, -0.1) is 0 Å². The van der Waals surface area contributed by atoms with Crippen molar-refractivity contribution in [1.82, 2.24) is 10.3 Å². The average Bonchev–Trinajstić information content (AvgIpc) is 2.79. The molecule has 6 nitrogen and oxygen atoms in total. The lowest BCUT2D eigenvalue weighted by molar-refractivity contribution is -0.127. The van der Waals surface area contributed by atoms with Crippen molar-refractivity contribution in [3.63, 3.8) is 0 Å². The molecular formula is C24H19ClN2O4. The van der Waals surface area contributed by atoms with E-state index in [1.54, 1.807) is 31.5 Å². The second kappa shape index (κ2) is 9.02. The number of nitrogens with zero attached hydrogens (tertiary/aromatic N) is 1. The van der Waals surface area contributed by atoms with Gasteiger partial charge in [0.05, 0.1) is 5.02 Å². The Bertz CT molecular complexity index is 1270. The SMILES string of the molecule is C[C@H](Oc1cc2oc(=O)cc(-c3ccccc3)c2cc1Cl)C(=O)NCc1cccnc1. The standard InChI is InChI=1S/C24H19ClN2O4/c1-15(24(29)27-14-16-6-5-9-26-13-16)30-22-12-21-19(10-20(22)25)18(11-23(28)31-21)17-7-3-2-4-8-17/h2-13,15H,14H2,1H3,(H,27,29)/t15-/m0/s1. The van der Waals surface area contributed by atoms with E-state index in [0.29, 0.717) is 28.1 Å². The molecule has 2 aromatic heterocycles. The molecule has 2 heterocycles. The predicted octanol–water partition coefficient (Wildman–Crippen LogP) is 4.59. The van der Waals surface area contributed by atoms with Gasteiger partial charge in [-0.3, -0.25) is 9.78 Å². The summed E-state index contributed by atoms with van der Waals surface area (Å²) in [6.07, 6.45) is 2.54. The van der Waals surface area contributed by atoms with Crippen molar-refractivity contribution in [2.75, 3.05) is 0 Å². The highest BCUT2D eigenvalue weighted by atomic mass is 35.5. The molecule has 2 aromatic carbocycles. The maximum Gasteiger partial charge on any atom is 0.336 e. The number of rotatable bonds is 6. The molecule has 156 valence electrons. The maximum atomic E-state index is 12.4. The number of hydrogen-bond acceptors (Lipinski definition) is 5. The summed E-state index contributed by atoms with van der Waals surface area (Å²) >= 11 is 6.44. The van der Waals surface area contributed by atoms with Crippen LogP contribution in [-0.2, 0) is 11.3 Å². The van der Waals surface area contributed by atoms with Crippen LogP contribution in [0, 0.1) is 0 Å². The first-order valence-corrected chi connectivity index (χ1v) is 10.0. The molecule has 0 aliphatic carbocycles. The first-order chi connectivity index (χ1) is 15.0. The molecule has 4 aromatic rings. The number of fused-ring (bicyclic) bond motifs is 1. The van der Waals surface area contributed by atoms with Crippen LogP contribution in [0.1, 0.15) is 12.5 Å². The maximum absolute atomic E-state index is 12.4. The molecule has 1 N–H and O–H groups in total. The van der Waals surface area contributed by atoms with Crippen LogP contribution in [0.15, 0.2) is 82.3 Å². The van der Waals surface area contributed by atoms with Crippen LogP contribution in [-0.4, -0.2) is 17.0 Å². The molecule has 1 amide bonds. The Kier molecular flexibility index (Phi) is 6.00. The fourth-order valence-electron chi connectivity index (χ4n) is 3.19. The number of carbonyl (C=O) groups is 1. The smallest absolute Gasteiger partial charge is 0.336 e. The Labute approximate surface area is 183 Å². The molecule has 0 aliphatic rings. The van der Waals surface area contributed by atoms with Crippen molar-refractivity contribution in [1.29, 1.82) is 0 Å². The van der Waals surface area contributed by atoms with Gasteiger partial charge in [-0.05, 0) is 35.7 Å². The number of carbonyl (C=O) groups excluding carboxylic acids is 1. The van der Waals surface area contributed by atoms with Gasteiger partial charge in [0.2, 0.25) is 0 Å². The van der Waals surface area contributed by atoms with Crippen molar-refractivity contribution >= 4 is 28.5 Å². The summed E-state index contributed by atoms with van der Waals surface area (Å²) in [6.45, 7) is 1.96. The Hall–Kier alpha value is -3.64. The van der Waals surface area contributed by atoms with E-state index in [9.17, 15) is 9.59 Å². The minimum Gasteiger partial charge on any atom is -0.479 e. The van der Waals surface area contributed by atoms with Crippen molar-refractivity contribution in [2.45, 2.75) is 19.6 Å². The second-order valence-electron chi connectivity index (χ2n) is 6.96. The molecule has 0 aliphatic heterocycles. The first-order valence-electron chi connectivity index (χ1n) is 9.67. The van der Waals surface area contributed by atoms with E-state index in [4.69, 9.17) is 20.8 Å². The summed E-state index contributed by atoms with van der Waals surface area (Å²) in [5, 5.41) is 3.78. The summed E-state index contributed by atoms with van der Waals surface area (Å²) in [7, 11) is 0. The van der Waals surface area contributed by atoms with E-state index < -0.39 is 11.7 Å². The molecule has 7 heteroatoms. The molecule has 0 spiro atoms. The zero-order valence-electron chi connectivity index (χ0n) is 16.7. The Balaban J connectivity index is 1.57. The van der Waals surface area contributed by atoms with Gasteiger partial charge in [0.1, 0.15) is 11.3 Å². The van der Waals surface area contributed by atoms with Crippen LogP contribution in [0.4, 0.5) is 0 Å². The van der Waals surface area contributed by atoms with E-state index in [1.165, 1.54) is 12.1 Å². The minimum atomic E-state index is -0.810. The third-order valence-electron chi connectivity index (χ3n) is 4.74. The molecule has 0 bridgehead atoms. The number of amides is 1. The molecular weight excluding hydrogens is 416 g/mol. The number of nitrogens with one attached hydrogen (secondary N) is 1. The molecule has 0 radical (unpaired) electrons. The third kappa shape index (κ3) is 4.75. The van der Waals surface area contributed by atoms with E-state index >= 15 is 0 Å². The average molecular weight is 435 g/mol. The summed E-state index contributed by atoms with van der Waals surface area (Å²) in [5.74, 6) is -0.0499. The highest BCUT2D eigenvalue weighted by Crippen LogP contribution is 2.35. The van der Waals surface area contributed by atoms with Gasteiger partial charge >= 0.3 is 5.63 Å². The summed E-state index contributed by atoms with van der Waals surface area (Å²) in [4.78, 5) is 28.5. The third-order valence-corrected chi connectivity index (χ3v) is 5.04. The fourth-order valence-corrected chi connectivity index (χ4v) is 3.40. The number of halogens is 1. The summed E-state index contributed by atoms with van der Waals surface area (Å²) < 4.78 is 11.1. The summed E-state index contributed by atoms with van der Waals surface area (Å²) in [5.41, 5.74) is 2.30. The van der Waals surface area contributed by atoms with Crippen molar-refractivity contribution < 1.29 is 13.9 Å². The molecule has 0 saturated heterocycles. The van der Waals surface area contributed by atoms with Gasteiger partial charge in [0.15, 0.2) is 6.10 Å².